The molecule has 0 saturated heterocycles. The minimum Gasteiger partial charge on any atom is -0.448 e. The third-order valence-corrected chi connectivity index (χ3v) is 4.30. The maximum atomic E-state index is 12.2. The standard InChI is InChI=1S/C16H19N3O3S/c1-9-6-5-7-10(2)13(9)19-14(20)11(3)22-15(21)12-8-18-16(17-4)23-12/h5-8,11H,1-4H3,(H,17,18)(H,19,20)/t11-/m1/s1. The molecule has 1 aromatic heterocycles. The lowest BCUT2D eigenvalue weighted by Gasteiger charge is -2.15. The average Bonchev–Trinajstić information content (AvgIpc) is 3.00. The van der Waals surface area contributed by atoms with Crippen molar-refractivity contribution in [3.63, 3.8) is 0 Å². The summed E-state index contributed by atoms with van der Waals surface area (Å²) >= 11 is 1.18. The number of anilines is 2. The van der Waals surface area contributed by atoms with Crippen molar-refractivity contribution in [1.29, 1.82) is 0 Å². The molecule has 2 rings (SSSR count). The number of aromatic nitrogens is 1. The summed E-state index contributed by atoms with van der Waals surface area (Å²) in [5.41, 5.74) is 2.66. The number of carbonyl (C=O) groups is 2. The lowest BCUT2D eigenvalue weighted by atomic mass is 10.1. The molecule has 0 radical (unpaired) electrons. The Hall–Kier alpha value is -2.41. The Morgan fingerprint density at radius 3 is 2.48 bits per heavy atom. The van der Waals surface area contributed by atoms with Crippen molar-refractivity contribution in [2.24, 2.45) is 0 Å². The van der Waals surface area contributed by atoms with Gasteiger partial charge in [-0.15, -0.1) is 0 Å². The number of benzene rings is 1. The van der Waals surface area contributed by atoms with E-state index in [0.29, 0.717) is 10.0 Å². The molecule has 1 heterocycles. The van der Waals surface area contributed by atoms with E-state index in [1.807, 2.05) is 32.0 Å². The van der Waals surface area contributed by atoms with Crippen molar-refractivity contribution in [2.45, 2.75) is 26.9 Å². The van der Waals surface area contributed by atoms with Crippen LogP contribution in [-0.4, -0.2) is 30.0 Å². The summed E-state index contributed by atoms with van der Waals surface area (Å²) in [6.07, 6.45) is 0.524. The second-order valence-electron chi connectivity index (χ2n) is 5.08. The molecule has 23 heavy (non-hydrogen) atoms. The maximum Gasteiger partial charge on any atom is 0.350 e. The monoisotopic (exact) mass is 333 g/mol. The highest BCUT2D eigenvalue weighted by Crippen LogP contribution is 2.21. The SMILES string of the molecule is CNc1ncc(C(=O)O[C@H](C)C(=O)Nc2c(C)cccc2C)s1. The van der Waals surface area contributed by atoms with Gasteiger partial charge in [-0.05, 0) is 31.9 Å². The van der Waals surface area contributed by atoms with Crippen LogP contribution < -0.4 is 10.6 Å². The van der Waals surface area contributed by atoms with E-state index >= 15 is 0 Å². The van der Waals surface area contributed by atoms with Gasteiger partial charge in [0, 0.05) is 12.7 Å². The lowest BCUT2D eigenvalue weighted by Crippen LogP contribution is -2.30. The first-order valence-electron chi connectivity index (χ1n) is 7.14. The number of carbonyl (C=O) groups excluding carboxylic acids is 2. The van der Waals surface area contributed by atoms with Gasteiger partial charge in [-0.25, -0.2) is 9.78 Å². The van der Waals surface area contributed by atoms with Gasteiger partial charge in [0.15, 0.2) is 11.2 Å². The Kier molecular flexibility index (Phi) is 5.33. The van der Waals surface area contributed by atoms with Gasteiger partial charge in [0.05, 0.1) is 6.20 Å². The number of nitrogens with zero attached hydrogens (tertiary/aromatic N) is 1. The van der Waals surface area contributed by atoms with E-state index in [-0.39, 0.29) is 5.91 Å². The van der Waals surface area contributed by atoms with E-state index in [0.717, 1.165) is 16.8 Å². The highest BCUT2D eigenvalue weighted by molar-refractivity contribution is 7.17. The molecule has 2 aromatic rings. The van der Waals surface area contributed by atoms with Gasteiger partial charge >= 0.3 is 5.97 Å². The number of thiazole rings is 1. The van der Waals surface area contributed by atoms with Crippen molar-refractivity contribution >= 4 is 34.0 Å². The Balaban J connectivity index is 2.01. The largest absolute Gasteiger partial charge is 0.448 e. The van der Waals surface area contributed by atoms with Crippen LogP contribution in [0.2, 0.25) is 0 Å². The van der Waals surface area contributed by atoms with Crippen molar-refractivity contribution in [1.82, 2.24) is 4.98 Å². The first-order valence-corrected chi connectivity index (χ1v) is 7.95. The molecular weight excluding hydrogens is 314 g/mol. The fraction of sp³-hybridized carbons (Fsp3) is 0.312. The fourth-order valence-corrected chi connectivity index (χ4v) is 2.65. The first kappa shape index (κ1) is 17.0. The van der Waals surface area contributed by atoms with Crippen molar-refractivity contribution < 1.29 is 14.3 Å². The molecular formula is C16H19N3O3S. The molecule has 1 aromatic carbocycles. The second kappa shape index (κ2) is 7.23. The highest BCUT2D eigenvalue weighted by atomic mass is 32.1. The Bertz CT molecular complexity index is 707. The molecule has 0 bridgehead atoms. The van der Waals surface area contributed by atoms with Gasteiger partial charge in [-0.1, -0.05) is 29.5 Å². The van der Waals surface area contributed by atoms with Gasteiger partial charge in [0.2, 0.25) is 0 Å². The van der Waals surface area contributed by atoms with Crippen LogP contribution in [0.4, 0.5) is 10.8 Å². The number of aryl methyl sites for hydroxylation is 2. The summed E-state index contributed by atoms with van der Waals surface area (Å²) in [7, 11) is 1.72. The molecule has 0 unspecified atom stereocenters. The Labute approximate surface area is 138 Å². The van der Waals surface area contributed by atoms with Gasteiger partial charge < -0.3 is 15.4 Å². The molecule has 0 fully saturated rings. The molecule has 122 valence electrons. The quantitative estimate of drug-likeness (QED) is 0.822. The van der Waals surface area contributed by atoms with Crippen molar-refractivity contribution in [3.8, 4) is 0 Å². The fourth-order valence-electron chi connectivity index (χ4n) is 1.99. The minimum absolute atomic E-state index is 0.348. The summed E-state index contributed by atoms with van der Waals surface area (Å²) in [5, 5.41) is 6.27. The van der Waals surface area contributed by atoms with Crippen LogP contribution >= 0.6 is 11.3 Å². The summed E-state index contributed by atoms with van der Waals surface area (Å²) in [6.45, 7) is 5.37. The number of ether oxygens (including phenoxy) is 1. The van der Waals surface area contributed by atoms with E-state index in [1.165, 1.54) is 17.5 Å². The topological polar surface area (TPSA) is 80.3 Å². The first-order chi connectivity index (χ1) is 10.9. The van der Waals surface area contributed by atoms with Crippen molar-refractivity contribution in [2.75, 3.05) is 17.7 Å². The van der Waals surface area contributed by atoms with E-state index in [2.05, 4.69) is 15.6 Å². The zero-order valence-corrected chi connectivity index (χ0v) is 14.3. The smallest absolute Gasteiger partial charge is 0.350 e. The number of hydrogen-bond donors (Lipinski definition) is 2. The highest BCUT2D eigenvalue weighted by Gasteiger charge is 2.21. The number of nitrogens with one attached hydrogen (secondary N) is 2. The normalized spacial score (nSPS) is 11.7. The zero-order chi connectivity index (χ0) is 17.0. The summed E-state index contributed by atoms with van der Waals surface area (Å²) < 4.78 is 5.20. The molecule has 0 saturated carbocycles. The van der Waals surface area contributed by atoms with Crippen LogP contribution in [-0.2, 0) is 9.53 Å². The van der Waals surface area contributed by atoms with Gasteiger partial charge in [-0.2, -0.15) is 0 Å². The lowest BCUT2D eigenvalue weighted by molar-refractivity contribution is -0.123. The Morgan fingerprint density at radius 1 is 1.26 bits per heavy atom. The van der Waals surface area contributed by atoms with Crippen LogP contribution in [0, 0.1) is 13.8 Å². The number of para-hydroxylation sites is 1. The summed E-state index contributed by atoms with van der Waals surface area (Å²) in [5.74, 6) is -0.928. The molecule has 0 aliphatic carbocycles. The summed E-state index contributed by atoms with van der Waals surface area (Å²) in [4.78, 5) is 28.6. The Morgan fingerprint density at radius 2 is 1.91 bits per heavy atom. The van der Waals surface area contributed by atoms with Crippen molar-refractivity contribution in [3.05, 3.63) is 40.4 Å². The maximum absolute atomic E-state index is 12.2. The third kappa shape index (κ3) is 4.07. The van der Waals surface area contributed by atoms with Crippen LogP contribution in [0.1, 0.15) is 27.7 Å². The van der Waals surface area contributed by atoms with E-state index in [1.54, 1.807) is 14.0 Å². The zero-order valence-electron chi connectivity index (χ0n) is 13.5. The number of amides is 1. The van der Waals surface area contributed by atoms with E-state index in [9.17, 15) is 9.59 Å². The van der Waals surface area contributed by atoms with Crippen LogP contribution in [0.25, 0.3) is 0 Å². The van der Waals surface area contributed by atoms with Gasteiger partial charge in [0.25, 0.3) is 5.91 Å². The minimum atomic E-state index is -0.901. The molecule has 6 nitrogen and oxygen atoms in total. The number of esters is 1. The molecule has 0 aliphatic rings. The molecule has 2 N–H and O–H groups in total. The van der Waals surface area contributed by atoms with E-state index in [4.69, 9.17) is 4.74 Å². The molecule has 0 aliphatic heterocycles. The number of rotatable bonds is 5. The molecule has 1 atom stereocenters. The number of hydrogen-bond acceptors (Lipinski definition) is 6. The molecule has 0 spiro atoms. The second-order valence-corrected chi connectivity index (χ2v) is 6.11. The van der Waals surface area contributed by atoms with Crippen LogP contribution in [0.3, 0.4) is 0 Å². The van der Waals surface area contributed by atoms with Gasteiger partial charge in [0.1, 0.15) is 4.88 Å². The predicted octanol–water partition coefficient (Wildman–Crippen LogP) is 2.99. The predicted molar refractivity (Wildman–Crippen MR) is 91.1 cm³/mol. The van der Waals surface area contributed by atoms with Crippen LogP contribution in [0.5, 0.6) is 0 Å². The average molecular weight is 333 g/mol. The third-order valence-electron chi connectivity index (χ3n) is 3.30. The van der Waals surface area contributed by atoms with Gasteiger partial charge in [-0.3, -0.25) is 4.79 Å². The van der Waals surface area contributed by atoms with E-state index < -0.39 is 12.1 Å². The summed E-state index contributed by atoms with van der Waals surface area (Å²) in [6, 6.07) is 5.75. The van der Waals surface area contributed by atoms with Crippen LogP contribution in [0.15, 0.2) is 24.4 Å². The molecule has 7 heteroatoms. The molecule has 1 amide bonds.